The lowest BCUT2D eigenvalue weighted by Crippen LogP contribution is -2.38. The summed E-state index contributed by atoms with van der Waals surface area (Å²) >= 11 is 1.06. The van der Waals surface area contributed by atoms with Gasteiger partial charge in [0.15, 0.2) is 0 Å². The number of halogens is 4. The summed E-state index contributed by atoms with van der Waals surface area (Å²) in [5.41, 5.74) is -0.204. The van der Waals surface area contributed by atoms with Gasteiger partial charge in [-0.05, 0) is 43.9 Å². The van der Waals surface area contributed by atoms with E-state index in [-0.39, 0.29) is 23.1 Å². The van der Waals surface area contributed by atoms with Crippen molar-refractivity contribution in [1.29, 1.82) is 0 Å². The van der Waals surface area contributed by atoms with Gasteiger partial charge in [-0.2, -0.15) is 13.2 Å². The molecule has 2 aromatic rings. The Bertz CT molecular complexity index is 839. The van der Waals surface area contributed by atoms with E-state index in [1.54, 1.807) is 6.92 Å². The van der Waals surface area contributed by atoms with Gasteiger partial charge in [0.1, 0.15) is 10.5 Å². The third-order valence-corrected chi connectivity index (χ3v) is 6.29. The summed E-state index contributed by atoms with van der Waals surface area (Å²) in [6.07, 6.45) is -1.34. The Kier molecular flexibility index (Phi) is 5.20. The van der Waals surface area contributed by atoms with Gasteiger partial charge >= 0.3 is 6.18 Å². The quantitative estimate of drug-likeness (QED) is 0.779. The molecule has 0 aromatic carbocycles. The normalized spacial score (nSPS) is 23.0. The number of aryl methyl sites for hydroxylation is 1. The van der Waals surface area contributed by atoms with Crippen molar-refractivity contribution in [2.75, 3.05) is 13.1 Å². The van der Waals surface area contributed by atoms with Crippen molar-refractivity contribution in [3.8, 4) is 0 Å². The van der Waals surface area contributed by atoms with Gasteiger partial charge < -0.3 is 10.2 Å². The number of alkyl halides is 3. The van der Waals surface area contributed by atoms with Crippen LogP contribution in [0.5, 0.6) is 0 Å². The van der Waals surface area contributed by atoms with E-state index in [1.165, 1.54) is 6.07 Å². The van der Waals surface area contributed by atoms with Crippen LogP contribution in [0.1, 0.15) is 40.2 Å². The Morgan fingerprint density at radius 3 is 2.73 bits per heavy atom. The summed E-state index contributed by atoms with van der Waals surface area (Å²) in [5.74, 6) is -0.0941. The highest BCUT2D eigenvalue weighted by atomic mass is 35.5. The van der Waals surface area contributed by atoms with Gasteiger partial charge in [-0.15, -0.1) is 23.7 Å². The minimum absolute atomic E-state index is 0. The molecule has 0 saturated carbocycles. The molecule has 2 saturated heterocycles. The predicted octanol–water partition coefficient (Wildman–Crippen LogP) is 4.01. The lowest BCUT2D eigenvalue weighted by Gasteiger charge is -2.24. The minimum Gasteiger partial charge on any atom is -0.336 e. The van der Waals surface area contributed by atoms with E-state index >= 15 is 0 Å². The first-order chi connectivity index (χ1) is 11.8. The number of nitrogens with zero attached hydrogens (tertiary/aromatic N) is 2. The van der Waals surface area contributed by atoms with E-state index in [2.05, 4.69) is 10.3 Å². The fraction of sp³-hybridized carbons (Fsp3) is 0.529. The molecule has 0 radical (unpaired) electrons. The fourth-order valence-electron chi connectivity index (χ4n) is 3.73. The number of fused-ring (bicyclic) bond motifs is 3. The molecule has 2 bridgehead atoms. The molecule has 9 heteroatoms. The average Bonchev–Trinajstić information content (AvgIpc) is 3.05. The van der Waals surface area contributed by atoms with E-state index in [0.29, 0.717) is 41.0 Å². The molecule has 26 heavy (non-hydrogen) atoms. The molecule has 2 unspecified atom stereocenters. The number of aromatic nitrogens is 1. The van der Waals surface area contributed by atoms with Crippen LogP contribution in [-0.2, 0) is 6.18 Å². The molecule has 2 atom stereocenters. The highest BCUT2D eigenvalue weighted by molar-refractivity contribution is 7.20. The van der Waals surface area contributed by atoms with Gasteiger partial charge in [0.05, 0.1) is 4.88 Å². The van der Waals surface area contributed by atoms with Crippen molar-refractivity contribution < 1.29 is 18.0 Å². The van der Waals surface area contributed by atoms with Gasteiger partial charge in [0.25, 0.3) is 5.91 Å². The zero-order valence-corrected chi connectivity index (χ0v) is 15.7. The Morgan fingerprint density at radius 2 is 2.00 bits per heavy atom. The number of carbonyl (C=O) groups excluding carboxylic acids is 1. The molecule has 2 aromatic heterocycles. The first-order valence-corrected chi connectivity index (χ1v) is 9.17. The first-order valence-electron chi connectivity index (χ1n) is 8.35. The number of carbonyl (C=O) groups is 1. The van der Waals surface area contributed by atoms with Crippen molar-refractivity contribution in [2.24, 2.45) is 0 Å². The van der Waals surface area contributed by atoms with Crippen LogP contribution in [0.3, 0.4) is 0 Å². The number of nitrogens with one attached hydrogen (secondary N) is 1. The lowest BCUT2D eigenvalue weighted by atomic mass is 10.1. The summed E-state index contributed by atoms with van der Waals surface area (Å²) in [6, 6.07) is 3.19. The third kappa shape index (κ3) is 3.42. The van der Waals surface area contributed by atoms with Gasteiger partial charge in [0.2, 0.25) is 0 Å². The molecule has 4 rings (SSSR count). The van der Waals surface area contributed by atoms with Crippen molar-refractivity contribution in [3.63, 3.8) is 0 Å². The van der Waals surface area contributed by atoms with Gasteiger partial charge in [-0.3, -0.25) is 4.79 Å². The van der Waals surface area contributed by atoms with Crippen molar-refractivity contribution in [1.82, 2.24) is 15.2 Å². The Labute approximate surface area is 159 Å². The van der Waals surface area contributed by atoms with Crippen molar-refractivity contribution in [3.05, 3.63) is 28.3 Å². The van der Waals surface area contributed by atoms with Gasteiger partial charge in [-0.25, -0.2) is 4.98 Å². The number of rotatable bonds is 1. The largest absolute Gasteiger partial charge is 0.433 e. The molecule has 0 aliphatic carbocycles. The topological polar surface area (TPSA) is 45.2 Å². The maximum atomic E-state index is 13.0. The van der Waals surface area contributed by atoms with E-state index in [4.69, 9.17) is 0 Å². The highest BCUT2D eigenvalue weighted by Gasteiger charge is 2.34. The maximum absolute atomic E-state index is 13.0. The van der Waals surface area contributed by atoms with E-state index in [0.717, 1.165) is 36.7 Å². The van der Waals surface area contributed by atoms with Crippen LogP contribution in [0.4, 0.5) is 13.2 Å². The number of likely N-dealkylation sites (tertiary alicyclic amines) is 1. The summed E-state index contributed by atoms with van der Waals surface area (Å²) in [4.78, 5) is 19.3. The van der Waals surface area contributed by atoms with Crippen LogP contribution in [0, 0.1) is 6.92 Å². The molecule has 1 amide bonds. The summed E-state index contributed by atoms with van der Waals surface area (Å²) < 4.78 is 38.6. The maximum Gasteiger partial charge on any atom is 0.433 e. The second kappa shape index (κ2) is 6.98. The zero-order valence-electron chi connectivity index (χ0n) is 14.1. The number of hydrogen-bond acceptors (Lipinski definition) is 4. The molecule has 0 spiro atoms. The van der Waals surface area contributed by atoms with Crippen LogP contribution in [-0.4, -0.2) is 41.0 Å². The second-order valence-electron chi connectivity index (χ2n) is 6.78. The van der Waals surface area contributed by atoms with Crippen LogP contribution < -0.4 is 5.32 Å². The summed E-state index contributed by atoms with van der Waals surface area (Å²) in [5, 5.41) is 4.15. The Balaban J connectivity index is 0.00000196. The van der Waals surface area contributed by atoms with Gasteiger partial charge in [0, 0.05) is 30.6 Å². The first kappa shape index (κ1) is 19.4. The number of thiophene rings is 1. The van der Waals surface area contributed by atoms with Gasteiger partial charge in [-0.1, -0.05) is 0 Å². The monoisotopic (exact) mass is 405 g/mol. The third-order valence-electron chi connectivity index (χ3n) is 5.10. The van der Waals surface area contributed by atoms with Crippen LogP contribution >= 0.6 is 23.7 Å². The predicted molar refractivity (Wildman–Crippen MR) is 97.1 cm³/mol. The Hall–Kier alpha value is -1.38. The molecule has 4 nitrogen and oxygen atoms in total. The van der Waals surface area contributed by atoms with E-state index in [9.17, 15) is 18.0 Å². The average molecular weight is 406 g/mol. The molecule has 4 heterocycles. The molecule has 2 aliphatic heterocycles. The molecular formula is C17H19ClF3N3OS. The molecule has 142 valence electrons. The number of hydrogen-bond donors (Lipinski definition) is 1. The van der Waals surface area contributed by atoms with Crippen LogP contribution in [0.2, 0.25) is 0 Å². The zero-order chi connectivity index (χ0) is 17.8. The number of pyridine rings is 1. The van der Waals surface area contributed by atoms with E-state index in [1.807, 2.05) is 4.90 Å². The van der Waals surface area contributed by atoms with Crippen molar-refractivity contribution >= 4 is 39.9 Å². The summed E-state index contributed by atoms with van der Waals surface area (Å²) in [7, 11) is 0. The smallest absolute Gasteiger partial charge is 0.336 e. The minimum atomic E-state index is -4.48. The van der Waals surface area contributed by atoms with Crippen molar-refractivity contribution in [2.45, 2.75) is 44.4 Å². The second-order valence-corrected chi connectivity index (χ2v) is 7.78. The number of amides is 1. The Morgan fingerprint density at radius 1 is 1.27 bits per heavy atom. The highest BCUT2D eigenvalue weighted by Crippen LogP contribution is 2.35. The fourth-order valence-corrected chi connectivity index (χ4v) is 4.88. The SMILES string of the molecule is Cc1c(C(=O)N2CCC3CCC(C2)N3)sc2nc(C(F)(F)F)ccc12.Cl. The molecular weight excluding hydrogens is 387 g/mol. The van der Waals surface area contributed by atoms with Crippen LogP contribution in [0.15, 0.2) is 12.1 Å². The molecule has 2 fully saturated rings. The van der Waals surface area contributed by atoms with Crippen LogP contribution in [0.25, 0.3) is 10.2 Å². The summed E-state index contributed by atoms with van der Waals surface area (Å²) in [6.45, 7) is 3.12. The standard InChI is InChI=1S/C17H18F3N3OS.ClH/c1-9-12-4-5-13(17(18,19)20)22-15(12)25-14(9)16(24)23-7-6-10-2-3-11(8-23)21-10;/h4-5,10-11,21H,2-3,6-8H2,1H3;1H. The van der Waals surface area contributed by atoms with E-state index < -0.39 is 11.9 Å². The molecule has 2 aliphatic rings. The molecule has 1 N–H and O–H groups in total. The lowest BCUT2D eigenvalue weighted by molar-refractivity contribution is -0.140.